The van der Waals surface area contributed by atoms with Gasteiger partial charge in [-0.1, -0.05) is 32.0 Å². The number of anilines is 1. The van der Waals surface area contributed by atoms with Crippen molar-refractivity contribution < 1.29 is 14.3 Å². The highest BCUT2D eigenvalue weighted by molar-refractivity contribution is 7.80. The lowest BCUT2D eigenvalue weighted by molar-refractivity contribution is 0.0971. The Hall–Kier alpha value is -2.60. The van der Waals surface area contributed by atoms with Gasteiger partial charge in [0.15, 0.2) is 5.11 Å². The first kappa shape index (κ1) is 19.7. The summed E-state index contributed by atoms with van der Waals surface area (Å²) in [4.78, 5) is 12.6. The third-order valence-electron chi connectivity index (χ3n) is 4.23. The van der Waals surface area contributed by atoms with Crippen LogP contribution in [0.15, 0.2) is 42.5 Å². The molecule has 0 radical (unpaired) electrons. The van der Waals surface area contributed by atoms with Crippen LogP contribution < -0.4 is 20.1 Å². The molecule has 0 spiro atoms. The molecule has 0 saturated carbocycles. The maximum Gasteiger partial charge on any atom is 0.264 e. The van der Waals surface area contributed by atoms with Gasteiger partial charge in [0.05, 0.1) is 14.2 Å². The monoisotopic (exact) mass is 372 g/mol. The highest BCUT2D eigenvalue weighted by Gasteiger charge is 2.19. The smallest absolute Gasteiger partial charge is 0.264 e. The molecule has 2 N–H and O–H groups in total. The number of carbonyl (C=O) groups excluding carboxylic acids is 1. The number of thiocarbonyl (C=S) groups is 1. The molecule has 138 valence electrons. The van der Waals surface area contributed by atoms with Crippen LogP contribution in [0.4, 0.5) is 5.69 Å². The molecule has 26 heavy (non-hydrogen) atoms. The molecule has 2 rings (SSSR count). The van der Waals surface area contributed by atoms with Gasteiger partial charge >= 0.3 is 0 Å². The van der Waals surface area contributed by atoms with Gasteiger partial charge in [-0.25, -0.2) is 0 Å². The fraction of sp³-hybridized carbons (Fsp3) is 0.300. The first-order valence-corrected chi connectivity index (χ1v) is 8.84. The van der Waals surface area contributed by atoms with Gasteiger partial charge in [0.2, 0.25) is 0 Å². The second kappa shape index (κ2) is 9.20. The Balaban J connectivity index is 2.07. The van der Waals surface area contributed by atoms with Crippen LogP contribution in [0.25, 0.3) is 0 Å². The zero-order chi connectivity index (χ0) is 19.1. The molecule has 1 amide bonds. The Morgan fingerprint density at radius 2 is 1.65 bits per heavy atom. The third-order valence-corrected chi connectivity index (χ3v) is 4.44. The number of carbonyl (C=O) groups is 1. The van der Waals surface area contributed by atoms with E-state index < -0.39 is 5.91 Å². The van der Waals surface area contributed by atoms with E-state index in [1.165, 1.54) is 19.8 Å². The number of hydrogen-bond donors (Lipinski definition) is 2. The lowest BCUT2D eigenvalue weighted by Crippen LogP contribution is -2.34. The summed E-state index contributed by atoms with van der Waals surface area (Å²) in [5, 5.41) is 5.89. The summed E-state index contributed by atoms with van der Waals surface area (Å²) in [5.74, 6) is 0.951. The molecular formula is C20H24N2O3S. The molecule has 5 nitrogen and oxygen atoms in total. The van der Waals surface area contributed by atoms with Gasteiger partial charge in [0.25, 0.3) is 5.91 Å². The normalized spacial score (nSPS) is 11.4. The minimum Gasteiger partial charge on any atom is -0.496 e. The summed E-state index contributed by atoms with van der Waals surface area (Å²) in [7, 11) is 3.00. The average molecular weight is 372 g/mol. The molecule has 2 aromatic carbocycles. The number of amides is 1. The van der Waals surface area contributed by atoms with Crippen LogP contribution in [0.2, 0.25) is 0 Å². The summed E-state index contributed by atoms with van der Waals surface area (Å²) < 4.78 is 10.5. The van der Waals surface area contributed by atoms with Crippen LogP contribution in [0, 0.1) is 0 Å². The van der Waals surface area contributed by atoms with Crippen molar-refractivity contribution in [3.8, 4) is 11.5 Å². The van der Waals surface area contributed by atoms with Crippen LogP contribution in [-0.2, 0) is 0 Å². The lowest BCUT2D eigenvalue weighted by Gasteiger charge is -2.15. The van der Waals surface area contributed by atoms with Crippen LogP contribution >= 0.6 is 12.2 Å². The minimum atomic E-state index is -0.395. The van der Waals surface area contributed by atoms with E-state index in [2.05, 4.69) is 36.6 Å². The molecule has 0 aliphatic heterocycles. The van der Waals surface area contributed by atoms with Gasteiger partial charge in [-0.2, -0.15) is 0 Å². The van der Waals surface area contributed by atoms with Crippen LogP contribution in [0.5, 0.6) is 11.5 Å². The van der Waals surface area contributed by atoms with Gasteiger partial charge in [-0.3, -0.25) is 10.1 Å². The van der Waals surface area contributed by atoms with E-state index in [1.54, 1.807) is 18.2 Å². The summed E-state index contributed by atoms with van der Waals surface area (Å²) in [5.41, 5.74) is 2.38. The van der Waals surface area contributed by atoms with Crippen molar-refractivity contribution in [1.82, 2.24) is 5.32 Å². The van der Waals surface area contributed by atoms with E-state index in [1.807, 2.05) is 12.1 Å². The average Bonchev–Trinajstić information content (AvgIpc) is 2.66. The summed E-state index contributed by atoms with van der Waals surface area (Å²) in [6.45, 7) is 4.35. The molecule has 0 bridgehead atoms. The Labute approximate surface area is 159 Å². The van der Waals surface area contributed by atoms with Crippen molar-refractivity contribution in [2.75, 3.05) is 19.5 Å². The van der Waals surface area contributed by atoms with E-state index in [9.17, 15) is 4.79 Å². The molecule has 0 fully saturated rings. The zero-order valence-corrected chi connectivity index (χ0v) is 16.3. The second-order valence-corrected chi connectivity index (χ2v) is 6.29. The number of ether oxygens (including phenoxy) is 2. The molecule has 0 aliphatic rings. The quantitative estimate of drug-likeness (QED) is 0.739. The minimum absolute atomic E-state index is 0.208. The SMILES string of the molecule is CC[C@@H](C)c1ccc(NC(=S)NC(=O)c2c(OC)cccc2OC)cc1. The number of hydrogen-bond acceptors (Lipinski definition) is 4. The van der Waals surface area contributed by atoms with Crippen molar-refractivity contribution in [2.45, 2.75) is 26.2 Å². The first-order valence-electron chi connectivity index (χ1n) is 8.43. The zero-order valence-electron chi connectivity index (χ0n) is 15.5. The Kier molecular flexibility index (Phi) is 6.97. The summed E-state index contributed by atoms with van der Waals surface area (Å²) in [6, 6.07) is 13.2. The Bertz CT molecular complexity index is 753. The molecule has 0 aliphatic carbocycles. The van der Waals surface area contributed by atoms with Crippen molar-refractivity contribution in [3.63, 3.8) is 0 Å². The second-order valence-electron chi connectivity index (χ2n) is 5.88. The molecule has 2 aromatic rings. The van der Waals surface area contributed by atoms with Crippen LogP contribution in [-0.4, -0.2) is 25.2 Å². The number of rotatable bonds is 6. The lowest BCUT2D eigenvalue weighted by atomic mass is 9.99. The van der Waals surface area contributed by atoms with E-state index in [4.69, 9.17) is 21.7 Å². The molecule has 0 unspecified atom stereocenters. The van der Waals surface area contributed by atoms with Crippen molar-refractivity contribution in [3.05, 3.63) is 53.6 Å². The maximum atomic E-state index is 12.6. The van der Waals surface area contributed by atoms with Gasteiger partial charge in [0.1, 0.15) is 17.1 Å². The highest BCUT2D eigenvalue weighted by Crippen LogP contribution is 2.28. The first-order chi connectivity index (χ1) is 12.5. The predicted octanol–water partition coefficient (Wildman–Crippen LogP) is 4.34. The molecule has 0 saturated heterocycles. The van der Waals surface area contributed by atoms with Crippen LogP contribution in [0.3, 0.4) is 0 Å². The molecular weight excluding hydrogens is 348 g/mol. The highest BCUT2D eigenvalue weighted by atomic mass is 32.1. The van der Waals surface area contributed by atoms with E-state index in [0.717, 1.165) is 12.1 Å². The Morgan fingerprint density at radius 1 is 1.08 bits per heavy atom. The topological polar surface area (TPSA) is 59.6 Å². The van der Waals surface area contributed by atoms with Gasteiger partial charge in [-0.05, 0) is 54.4 Å². The predicted molar refractivity (Wildman–Crippen MR) is 108 cm³/mol. The third kappa shape index (κ3) is 4.73. The molecule has 6 heteroatoms. The van der Waals surface area contributed by atoms with Crippen molar-refractivity contribution in [1.29, 1.82) is 0 Å². The summed E-state index contributed by atoms with van der Waals surface area (Å²) in [6.07, 6.45) is 1.09. The molecule has 1 atom stereocenters. The van der Waals surface area contributed by atoms with E-state index in [0.29, 0.717) is 23.0 Å². The number of nitrogens with one attached hydrogen (secondary N) is 2. The molecule has 0 heterocycles. The largest absolute Gasteiger partial charge is 0.496 e. The fourth-order valence-electron chi connectivity index (χ4n) is 2.53. The van der Waals surface area contributed by atoms with Crippen LogP contribution in [0.1, 0.15) is 42.1 Å². The van der Waals surface area contributed by atoms with Gasteiger partial charge < -0.3 is 14.8 Å². The number of benzene rings is 2. The fourth-order valence-corrected chi connectivity index (χ4v) is 2.74. The van der Waals surface area contributed by atoms with Crippen molar-refractivity contribution in [2.24, 2.45) is 0 Å². The maximum absolute atomic E-state index is 12.6. The number of methoxy groups -OCH3 is 2. The standard InChI is InChI=1S/C20H24N2O3S/c1-5-13(2)14-9-11-15(12-10-14)21-20(26)22-19(23)18-16(24-3)7-6-8-17(18)25-4/h6-13H,5H2,1-4H3,(H2,21,22,23,26)/t13-/m1/s1. The van der Waals surface area contributed by atoms with Gasteiger partial charge in [-0.15, -0.1) is 0 Å². The van der Waals surface area contributed by atoms with E-state index >= 15 is 0 Å². The van der Waals surface area contributed by atoms with Gasteiger partial charge in [0, 0.05) is 5.69 Å². The van der Waals surface area contributed by atoms with Crippen molar-refractivity contribution >= 4 is 28.9 Å². The summed E-state index contributed by atoms with van der Waals surface area (Å²) >= 11 is 5.25. The molecule has 0 aromatic heterocycles. The Morgan fingerprint density at radius 3 is 2.15 bits per heavy atom. The van der Waals surface area contributed by atoms with E-state index in [-0.39, 0.29) is 5.11 Å².